The van der Waals surface area contributed by atoms with E-state index in [1.54, 1.807) is 6.20 Å². The fourth-order valence-corrected chi connectivity index (χ4v) is 5.47. The van der Waals surface area contributed by atoms with Gasteiger partial charge in [-0.05, 0) is 62.1 Å². The van der Waals surface area contributed by atoms with Crippen LogP contribution in [0.25, 0.3) is 0 Å². The largest absolute Gasteiger partial charge is 0.369 e. The average molecular weight is 402 g/mol. The zero-order valence-corrected chi connectivity index (χ0v) is 17.4. The van der Waals surface area contributed by atoms with E-state index in [4.69, 9.17) is 10.00 Å². The Kier molecular flexibility index (Phi) is 4.52. The number of amides is 1. The molecule has 0 radical (unpaired) electrons. The van der Waals surface area contributed by atoms with Gasteiger partial charge in [-0.3, -0.25) is 4.79 Å². The summed E-state index contributed by atoms with van der Waals surface area (Å²) in [5.41, 5.74) is 3.48. The van der Waals surface area contributed by atoms with Gasteiger partial charge in [0.05, 0.1) is 17.3 Å². The summed E-state index contributed by atoms with van der Waals surface area (Å²) in [5.74, 6) is 1.58. The van der Waals surface area contributed by atoms with E-state index in [0.717, 1.165) is 37.3 Å². The summed E-state index contributed by atoms with van der Waals surface area (Å²) in [6, 6.07) is 11.7. The Bertz CT molecular complexity index is 1030. The molecule has 3 aliphatic heterocycles. The first-order chi connectivity index (χ1) is 14.5. The Morgan fingerprint density at radius 2 is 2.20 bits per heavy atom. The molecule has 4 heterocycles. The molecule has 5 rings (SSSR count). The van der Waals surface area contributed by atoms with Crippen LogP contribution in [-0.4, -0.2) is 42.2 Å². The minimum Gasteiger partial charge on any atom is -0.369 e. The van der Waals surface area contributed by atoms with Crippen LogP contribution in [0.4, 0.5) is 5.82 Å². The van der Waals surface area contributed by atoms with Gasteiger partial charge in [-0.15, -0.1) is 0 Å². The van der Waals surface area contributed by atoms with E-state index in [1.807, 2.05) is 37.3 Å². The molecule has 154 valence electrons. The summed E-state index contributed by atoms with van der Waals surface area (Å²) in [5, 5.41) is 12.2. The van der Waals surface area contributed by atoms with Crippen molar-refractivity contribution in [2.45, 2.75) is 38.4 Å². The summed E-state index contributed by atoms with van der Waals surface area (Å²) in [6.07, 6.45) is 3.97. The molecule has 6 heteroatoms. The number of anilines is 1. The molecular formula is C24H26N4O2. The van der Waals surface area contributed by atoms with Gasteiger partial charge in [0.1, 0.15) is 11.9 Å². The lowest BCUT2D eigenvalue weighted by molar-refractivity contribution is 0.0141. The number of nitrogens with zero attached hydrogens (tertiary/aromatic N) is 3. The van der Waals surface area contributed by atoms with E-state index in [0.29, 0.717) is 29.5 Å². The van der Waals surface area contributed by atoms with Crippen LogP contribution in [0, 0.1) is 37.0 Å². The number of ether oxygens (including phenoxy) is 1. The highest BCUT2D eigenvalue weighted by atomic mass is 16.5. The molecule has 2 aromatic rings. The van der Waals surface area contributed by atoms with Crippen molar-refractivity contribution in [2.24, 2.45) is 11.8 Å². The molecule has 1 N–H and O–H groups in total. The Morgan fingerprint density at radius 3 is 2.93 bits per heavy atom. The van der Waals surface area contributed by atoms with E-state index in [2.05, 4.69) is 28.2 Å². The van der Waals surface area contributed by atoms with Crippen LogP contribution in [-0.2, 0) is 4.74 Å². The lowest BCUT2D eigenvalue weighted by atomic mass is 9.73. The van der Waals surface area contributed by atoms with Gasteiger partial charge in [-0.1, -0.05) is 6.07 Å². The minimum absolute atomic E-state index is 0.0152. The fourth-order valence-electron chi connectivity index (χ4n) is 5.47. The van der Waals surface area contributed by atoms with Gasteiger partial charge in [0.25, 0.3) is 5.91 Å². The summed E-state index contributed by atoms with van der Waals surface area (Å²) >= 11 is 0. The van der Waals surface area contributed by atoms with Gasteiger partial charge in [-0.25, -0.2) is 4.98 Å². The summed E-state index contributed by atoms with van der Waals surface area (Å²) in [7, 11) is 0. The number of aromatic nitrogens is 1. The van der Waals surface area contributed by atoms with Crippen LogP contribution in [0.3, 0.4) is 0 Å². The number of rotatable bonds is 4. The average Bonchev–Trinajstić information content (AvgIpc) is 3.42. The van der Waals surface area contributed by atoms with Gasteiger partial charge < -0.3 is 15.0 Å². The zero-order chi connectivity index (χ0) is 20.9. The molecular weight excluding hydrogens is 376 g/mol. The Labute approximate surface area is 176 Å². The molecule has 0 saturated carbocycles. The van der Waals surface area contributed by atoms with Crippen molar-refractivity contribution in [3.8, 4) is 6.07 Å². The van der Waals surface area contributed by atoms with Crippen LogP contribution >= 0.6 is 0 Å². The number of pyridine rings is 1. The molecule has 3 aliphatic rings. The first-order valence-corrected chi connectivity index (χ1v) is 10.6. The third kappa shape index (κ3) is 3.05. The van der Waals surface area contributed by atoms with Crippen LogP contribution in [0.1, 0.15) is 39.9 Å². The number of carbonyl (C=O) groups excluding carboxylic acids is 1. The number of fused-ring (bicyclic) bond motifs is 1. The molecule has 0 unspecified atom stereocenters. The topological polar surface area (TPSA) is 78.3 Å². The number of benzene rings is 1. The van der Waals surface area contributed by atoms with E-state index in [-0.39, 0.29) is 17.6 Å². The third-order valence-corrected chi connectivity index (χ3v) is 7.25. The number of hydrogen-bond donors (Lipinski definition) is 1. The van der Waals surface area contributed by atoms with E-state index < -0.39 is 0 Å². The number of hydrogen-bond acceptors (Lipinski definition) is 5. The van der Waals surface area contributed by atoms with Gasteiger partial charge >= 0.3 is 0 Å². The first-order valence-electron chi connectivity index (χ1n) is 10.6. The van der Waals surface area contributed by atoms with Crippen molar-refractivity contribution in [1.82, 2.24) is 10.3 Å². The SMILES string of the molecule is Cc1ccc(C(=O)NC[C@H]2[C@H]3CN(c4ccc(C#N)cn4)C[C@]34CC[C@H]2O4)cc1C. The maximum absolute atomic E-state index is 12.7. The summed E-state index contributed by atoms with van der Waals surface area (Å²) in [4.78, 5) is 19.4. The van der Waals surface area contributed by atoms with Crippen molar-refractivity contribution in [2.75, 3.05) is 24.5 Å². The van der Waals surface area contributed by atoms with E-state index in [9.17, 15) is 4.79 Å². The Hall–Kier alpha value is -2.91. The predicted molar refractivity (Wildman–Crippen MR) is 113 cm³/mol. The highest BCUT2D eigenvalue weighted by Crippen LogP contribution is 2.55. The second kappa shape index (κ2) is 7.10. The van der Waals surface area contributed by atoms with E-state index in [1.165, 1.54) is 5.56 Å². The zero-order valence-electron chi connectivity index (χ0n) is 17.4. The van der Waals surface area contributed by atoms with Crippen molar-refractivity contribution in [3.05, 3.63) is 58.8 Å². The minimum atomic E-state index is -0.129. The molecule has 1 aromatic heterocycles. The molecule has 1 aromatic carbocycles. The number of aryl methyl sites for hydroxylation is 2. The van der Waals surface area contributed by atoms with Crippen LogP contribution in [0.5, 0.6) is 0 Å². The molecule has 6 nitrogen and oxygen atoms in total. The van der Waals surface area contributed by atoms with Gasteiger partial charge in [-0.2, -0.15) is 5.26 Å². The van der Waals surface area contributed by atoms with Crippen LogP contribution < -0.4 is 10.2 Å². The Morgan fingerprint density at radius 1 is 1.33 bits per heavy atom. The smallest absolute Gasteiger partial charge is 0.251 e. The summed E-state index contributed by atoms with van der Waals surface area (Å²) < 4.78 is 6.49. The standard InChI is InChI=1S/C24H26N4O2/c1-15-3-5-18(9-16(15)2)23(29)27-12-19-20-13-28(14-24(20)8-7-21(19)30-24)22-6-4-17(10-25)11-26-22/h3-6,9,11,19-21H,7-8,12-14H2,1-2H3,(H,27,29)/t19-,20+,21+,24+/m0/s1. The lowest BCUT2D eigenvalue weighted by Crippen LogP contribution is -2.41. The first kappa shape index (κ1) is 19.1. The van der Waals surface area contributed by atoms with Crippen molar-refractivity contribution < 1.29 is 9.53 Å². The normalized spacial score (nSPS) is 29.0. The van der Waals surface area contributed by atoms with Gasteiger partial charge in [0.2, 0.25) is 0 Å². The predicted octanol–water partition coefficient (Wildman–Crippen LogP) is 2.98. The molecule has 1 spiro atoms. The lowest BCUT2D eigenvalue weighted by Gasteiger charge is -2.29. The maximum atomic E-state index is 12.7. The highest BCUT2D eigenvalue weighted by molar-refractivity contribution is 5.94. The van der Waals surface area contributed by atoms with Crippen molar-refractivity contribution >= 4 is 11.7 Å². The molecule has 1 amide bonds. The molecule has 4 atom stereocenters. The molecule has 0 aliphatic carbocycles. The van der Waals surface area contributed by atoms with Crippen LogP contribution in [0.2, 0.25) is 0 Å². The van der Waals surface area contributed by atoms with E-state index >= 15 is 0 Å². The number of carbonyl (C=O) groups is 1. The van der Waals surface area contributed by atoms with Gasteiger partial charge in [0.15, 0.2) is 0 Å². The number of nitrogens with one attached hydrogen (secondary N) is 1. The van der Waals surface area contributed by atoms with Crippen molar-refractivity contribution in [3.63, 3.8) is 0 Å². The fraction of sp³-hybridized carbons (Fsp3) is 0.458. The molecule has 30 heavy (non-hydrogen) atoms. The number of nitriles is 1. The molecule has 3 fully saturated rings. The Balaban J connectivity index is 1.28. The third-order valence-electron chi connectivity index (χ3n) is 7.25. The second-order valence-electron chi connectivity index (χ2n) is 8.94. The van der Waals surface area contributed by atoms with Gasteiger partial charge in [0, 0.05) is 43.2 Å². The molecule has 3 saturated heterocycles. The van der Waals surface area contributed by atoms with Crippen molar-refractivity contribution in [1.29, 1.82) is 5.26 Å². The van der Waals surface area contributed by atoms with Crippen LogP contribution in [0.15, 0.2) is 36.5 Å². The summed E-state index contributed by atoms with van der Waals surface area (Å²) in [6.45, 7) is 6.42. The monoisotopic (exact) mass is 402 g/mol. The highest BCUT2D eigenvalue weighted by Gasteiger charge is 2.63. The maximum Gasteiger partial charge on any atom is 0.251 e. The molecule has 2 bridgehead atoms. The second-order valence-corrected chi connectivity index (χ2v) is 8.94. The quantitative estimate of drug-likeness (QED) is 0.851.